The highest BCUT2D eigenvalue weighted by molar-refractivity contribution is 5.92. The van der Waals surface area contributed by atoms with Crippen molar-refractivity contribution in [1.29, 1.82) is 0 Å². The lowest BCUT2D eigenvalue weighted by molar-refractivity contribution is 0.282. The van der Waals surface area contributed by atoms with Crippen molar-refractivity contribution in [2.24, 2.45) is 7.05 Å². The maximum absolute atomic E-state index is 15.5. The van der Waals surface area contributed by atoms with Gasteiger partial charge >= 0.3 is 0 Å². The summed E-state index contributed by atoms with van der Waals surface area (Å²) in [5.74, 6) is 0.646. The third kappa shape index (κ3) is 3.32. The molecule has 0 atom stereocenters. The van der Waals surface area contributed by atoms with Crippen molar-refractivity contribution >= 4 is 11.1 Å². The molecule has 0 unspecified atom stereocenters. The van der Waals surface area contributed by atoms with E-state index in [4.69, 9.17) is 4.42 Å². The number of aliphatic hydroxyl groups is 1. The van der Waals surface area contributed by atoms with Gasteiger partial charge in [0.15, 0.2) is 11.4 Å². The number of fused-ring (bicyclic) bond motifs is 1. The molecule has 1 saturated carbocycles. The Balaban J connectivity index is 1.66. The van der Waals surface area contributed by atoms with Crippen LogP contribution in [-0.2, 0) is 13.7 Å². The van der Waals surface area contributed by atoms with E-state index in [-0.39, 0.29) is 18.1 Å². The molecule has 0 aliphatic heterocycles. The van der Waals surface area contributed by atoms with Gasteiger partial charge in [-0.3, -0.25) is 0 Å². The van der Waals surface area contributed by atoms with Gasteiger partial charge in [-0.1, -0.05) is 36.4 Å². The first kappa shape index (κ1) is 19.8. The monoisotopic (exact) mass is 440 g/mol. The molecule has 1 aliphatic rings. The van der Waals surface area contributed by atoms with Gasteiger partial charge in [-0.15, -0.1) is 10.2 Å². The lowest BCUT2D eigenvalue weighted by Crippen LogP contribution is -1.99. The molecule has 0 bridgehead atoms. The number of benzene rings is 3. The van der Waals surface area contributed by atoms with Crippen molar-refractivity contribution in [1.82, 2.24) is 19.7 Å². The molecule has 6 nitrogen and oxygen atoms in total. The van der Waals surface area contributed by atoms with Gasteiger partial charge in [-0.25, -0.2) is 9.37 Å². The van der Waals surface area contributed by atoms with Crippen molar-refractivity contribution in [3.63, 3.8) is 0 Å². The fraction of sp³-hybridized carbons (Fsp3) is 0.192. The number of nitrogens with zero attached hydrogens (tertiary/aromatic N) is 4. The van der Waals surface area contributed by atoms with Gasteiger partial charge in [0.1, 0.15) is 17.7 Å². The van der Waals surface area contributed by atoms with Crippen LogP contribution in [-0.4, -0.2) is 24.9 Å². The fourth-order valence-electron chi connectivity index (χ4n) is 4.40. The summed E-state index contributed by atoms with van der Waals surface area (Å²) in [6.07, 6.45) is 3.73. The second-order valence-electron chi connectivity index (χ2n) is 8.46. The Morgan fingerprint density at radius 3 is 2.61 bits per heavy atom. The molecular formula is C26H21FN4O2. The number of halogens is 1. The standard InChI is InChI=1S/C26H21FN4O2/c1-31-14-28-30-25(31)22-18(16-5-3-2-4-6-16)9-10-20(27)23(22)26-29-21-12-15(13-32)11-19(17-7-8-17)24(21)33-26/h2-6,9-12,14,17,32H,7-8,13H2,1H3. The molecule has 2 aromatic heterocycles. The summed E-state index contributed by atoms with van der Waals surface area (Å²) in [7, 11) is 1.82. The zero-order valence-electron chi connectivity index (χ0n) is 18.0. The van der Waals surface area contributed by atoms with Crippen molar-refractivity contribution < 1.29 is 13.9 Å². The molecule has 33 heavy (non-hydrogen) atoms. The van der Waals surface area contributed by atoms with Crippen LogP contribution < -0.4 is 0 Å². The molecule has 1 aliphatic carbocycles. The van der Waals surface area contributed by atoms with E-state index in [0.29, 0.717) is 28.4 Å². The van der Waals surface area contributed by atoms with Gasteiger partial charge in [-0.2, -0.15) is 0 Å². The Morgan fingerprint density at radius 1 is 1.09 bits per heavy atom. The Hall–Kier alpha value is -3.84. The smallest absolute Gasteiger partial charge is 0.231 e. The van der Waals surface area contributed by atoms with E-state index >= 15 is 4.39 Å². The number of hydrogen-bond acceptors (Lipinski definition) is 5. The Kier molecular flexibility index (Phi) is 4.58. The molecular weight excluding hydrogens is 419 g/mol. The molecule has 0 radical (unpaired) electrons. The normalized spacial score (nSPS) is 13.7. The quantitative estimate of drug-likeness (QED) is 0.392. The SMILES string of the molecule is Cn1cnnc1-c1c(-c2ccccc2)ccc(F)c1-c1nc2cc(CO)cc(C3CC3)c2o1. The van der Waals surface area contributed by atoms with E-state index in [9.17, 15) is 5.11 Å². The van der Waals surface area contributed by atoms with Crippen LogP contribution in [0.15, 0.2) is 65.3 Å². The number of aliphatic hydroxyl groups excluding tert-OH is 1. The number of hydrogen-bond donors (Lipinski definition) is 1. The lowest BCUT2D eigenvalue weighted by Gasteiger charge is -2.14. The van der Waals surface area contributed by atoms with Gasteiger partial charge in [0.2, 0.25) is 5.89 Å². The van der Waals surface area contributed by atoms with Crippen LogP contribution in [0.1, 0.15) is 29.9 Å². The molecule has 1 N–H and O–H groups in total. The van der Waals surface area contributed by atoms with Crippen LogP contribution in [0.25, 0.3) is 45.1 Å². The minimum Gasteiger partial charge on any atom is -0.436 e. The Morgan fingerprint density at radius 2 is 1.91 bits per heavy atom. The molecule has 6 rings (SSSR count). The van der Waals surface area contributed by atoms with Gasteiger partial charge in [0.05, 0.1) is 12.2 Å². The molecule has 0 spiro atoms. The van der Waals surface area contributed by atoms with Gasteiger partial charge in [0.25, 0.3) is 0 Å². The summed E-state index contributed by atoms with van der Waals surface area (Å²) in [5.41, 5.74) is 5.62. The van der Waals surface area contributed by atoms with Crippen LogP contribution in [0.5, 0.6) is 0 Å². The van der Waals surface area contributed by atoms with E-state index in [0.717, 1.165) is 35.1 Å². The number of rotatable bonds is 5. The number of aromatic nitrogens is 4. The van der Waals surface area contributed by atoms with Crippen molar-refractivity contribution in [2.45, 2.75) is 25.4 Å². The first-order valence-corrected chi connectivity index (χ1v) is 10.9. The lowest BCUT2D eigenvalue weighted by atomic mass is 9.94. The van der Waals surface area contributed by atoms with Crippen molar-refractivity contribution in [3.8, 4) is 34.0 Å². The Labute approximate surface area is 189 Å². The van der Waals surface area contributed by atoms with E-state index < -0.39 is 5.82 Å². The number of aryl methyl sites for hydroxylation is 1. The average molecular weight is 440 g/mol. The highest BCUT2D eigenvalue weighted by Gasteiger charge is 2.30. The highest BCUT2D eigenvalue weighted by Crippen LogP contribution is 2.46. The summed E-state index contributed by atoms with van der Waals surface area (Å²) >= 11 is 0. The summed E-state index contributed by atoms with van der Waals surface area (Å²) in [4.78, 5) is 4.68. The Bertz CT molecular complexity index is 1490. The van der Waals surface area contributed by atoms with E-state index in [1.807, 2.05) is 43.4 Å². The van der Waals surface area contributed by atoms with Gasteiger partial charge < -0.3 is 14.1 Å². The predicted molar refractivity (Wildman–Crippen MR) is 123 cm³/mol. The third-order valence-corrected chi connectivity index (χ3v) is 6.17. The van der Waals surface area contributed by atoms with Gasteiger partial charge in [0, 0.05) is 18.2 Å². The minimum atomic E-state index is -0.449. The molecule has 164 valence electrons. The number of oxazole rings is 1. The van der Waals surface area contributed by atoms with Gasteiger partial charge in [-0.05, 0) is 53.6 Å². The van der Waals surface area contributed by atoms with Crippen LogP contribution in [0.2, 0.25) is 0 Å². The molecule has 1 fully saturated rings. The molecule has 5 aromatic rings. The zero-order valence-corrected chi connectivity index (χ0v) is 18.0. The van der Waals surface area contributed by atoms with Crippen LogP contribution >= 0.6 is 0 Å². The molecule has 3 aromatic carbocycles. The zero-order chi connectivity index (χ0) is 22.5. The van der Waals surface area contributed by atoms with Crippen molar-refractivity contribution in [3.05, 3.63) is 77.9 Å². The predicted octanol–water partition coefficient (Wildman–Crippen LogP) is 5.47. The molecule has 7 heteroatoms. The maximum atomic E-state index is 15.5. The van der Waals surface area contributed by atoms with E-state index in [2.05, 4.69) is 15.2 Å². The third-order valence-electron chi connectivity index (χ3n) is 6.17. The van der Waals surface area contributed by atoms with E-state index in [1.165, 1.54) is 6.07 Å². The highest BCUT2D eigenvalue weighted by atomic mass is 19.1. The second kappa shape index (κ2) is 7.64. The largest absolute Gasteiger partial charge is 0.436 e. The molecule has 0 amide bonds. The summed E-state index contributed by atoms with van der Waals surface area (Å²) in [6.45, 7) is -0.0834. The second-order valence-corrected chi connectivity index (χ2v) is 8.46. The maximum Gasteiger partial charge on any atom is 0.231 e. The fourth-order valence-corrected chi connectivity index (χ4v) is 4.40. The summed E-state index contributed by atoms with van der Waals surface area (Å²) in [5, 5.41) is 18.0. The first-order chi connectivity index (χ1) is 16.1. The van der Waals surface area contributed by atoms with Crippen molar-refractivity contribution in [2.75, 3.05) is 0 Å². The van der Waals surface area contributed by atoms with E-state index in [1.54, 1.807) is 23.0 Å². The summed E-state index contributed by atoms with van der Waals surface area (Å²) in [6, 6.07) is 16.7. The topological polar surface area (TPSA) is 77.0 Å². The van der Waals surface area contributed by atoms with Crippen LogP contribution in [0.4, 0.5) is 4.39 Å². The minimum absolute atomic E-state index is 0.0834. The van der Waals surface area contributed by atoms with Crippen LogP contribution in [0.3, 0.4) is 0 Å². The molecule has 2 heterocycles. The van der Waals surface area contributed by atoms with Crippen LogP contribution in [0, 0.1) is 5.82 Å². The average Bonchev–Trinajstić information content (AvgIpc) is 3.46. The summed E-state index contributed by atoms with van der Waals surface area (Å²) < 4.78 is 23.5. The first-order valence-electron chi connectivity index (χ1n) is 10.9. The molecule has 0 saturated heterocycles.